The van der Waals surface area contributed by atoms with Crippen LogP contribution in [0, 0.1) is 0 Å². The van der Waals surface area contributed by atoms with Crippen molar-refractivity contribution in [3.63, 3.8) is 0 Å². The van der Waals surface area contributed by atoms with E-state index >= 15 is 0 Å². The number of H-pyrrole nitrogens is 2. The summed E-state index contributed by atoms with van der Waals surface area (Å²) in [6, 6.07) is 1.38. The lowest BCUT2D eigenvalue weighted by molar-refractivity contribution is 0.908. The molecule has 0 saturated carbocycles. The number of rotatable bonds is 3. The number of anilines is 1. The van der Waals surface area contributed by atoms with Gasteiger partial charge in [-0.25, -0.2) is 4.98 Å². The monoisotopic (exact) mass is 192 g/mol. The van der Waals surface area contributed by atoms with Crippen molar-refractivity contribution >= 4 is 5.82 Å². The standard InChI is InChI=1S/C7H8N6O/c14-7-1-6(9-4-10-7)8-2-5-3-11-13-12-5/h1,3-4H,2H2,(H,11,12,13)(H2,8,9,10,14). The maximum absolute atomic E-state index is 10.9. The summed E-state index contributed by atoms with van der Waals surface area (Å²) in [5, 5.41) is 12.9. The Bertz CT molecular complexity index is 447. The molecule has 72 valence electrons. The van der Waals surface area contributed by atoms with Crippen LogP contribution in [-0.4, -0.2) is 25.4 Å². The summed E-state index contributed by atoms with van der Waals surface area (Å²) in [4.78, 5) is 17.2. The van der Waals surface area contributed by atoms with E-state index in [1.54, 1.807) is 6.20 Å². The van der Waals surface area contributed by atoms with Gasteiger partial charge in [0.25, 0.3) is 5.56 Å². The molecule has 14 heavy (non-hydrogen) atoms. The maximum Gasteiger partial charge on any atom is 0.252 e. The molecule has 0 amide bonds. The highest BCUT2D eigenvalue weighted by atomic mass is 16.1. The van der Waals surface area contributed by atoms with Crippen LogP contribution < -0.4 is 10.9 Å². The third-order valence-electron chi connectivity index (χ3n) is 1.59. The Morgan fingerprint density at radius 2 is 2.43 bits per heavy atom. The van der Waals surface area contributed by atoms with Gasteiger partial charge in [0.05, 0.1) is 19.1 Å². The van der Waals surface area contributed by atoms with E-state index in [4.69, 9.17) is 0 Å². The van der Waals surface area contributed by atoms with Crippen LogP contribution >= 0.6 is 0 Å². The van der Waals surface area contributed by atoms with Crippen LogP contribution in [0.3, 0.4) is 0 Å². The molecule has 0 aliphatic rings. The Kier molecular flexibility index (Phi) is 2.22. The summed E-state index contributed by atoms with van der Waals surface area (Å²) in [6.45, 7) is 0.479. The second-order valence-corrected chi connectivity index (χ2v) is 2.61. The molecule has 3 N–H and O–H groups in total. The van der Waals surface area contributed by atoms with Crippen molar-refractivity contribution < 1.29 is 0 Å². The summed E-state index contributed by atoms with van der Waals surface area (Å²) in [5.41, 5.74) is 0.565. The van der Waals surface area contributed by atoms with Gasteiger partial charge in [0.1, 0.15) is 11.5 Å². The fraction of sp³-hybridized carbons (Fsp3) is 0.143. The van der Waals surface area contributed by atoms with Gasteiger partial charge in [-0.15, -0.1) is 0 Å². The van der Waals surface area contributed by atoms with Crippen LogP contribution in [0.25, 0.3) is 0 Å². The molecule has 0 radical (unpaired) electrons. The van der Waals surface area contributed by atoms with Gasteiger partial charge in [-0.2, -0.15) is 15.4 Å². The Hall–Kier alpha value is -2.18. The largest absolute Gasteiger partial charge is 0.364 e. The van der Waals surface area contributed by atoms with Crippen LogP contribution in [0.4, 0.5) is 5.82 Å². The molecule has 7 heteroatoms. The zero-order valence-electron chi connectivity index (χ0n) is 7.19. The topological polar surface area (TPSA) is 99.3 Å². The fourth-order valence-corrected chi connectivity index (χ4v) is 0.957. The van der Waals surface area contributed by atoms with Crippen LogP contribution in [0.2, 0.25) is 0 Å². The average Bonchev–Trinajstić information content (AvgIpc) is 2.67. The van der Waals surface area contributed by atoms with Crippen LogP contribution in [0.5, 0.6) is 0 Å². The highest BCUT2D eigenvalue weighted by molar-refractivity contribution is 5.31. The first-order chi connectivity index (χ1) is 6.84. The Morgan fingerprint density at radius 1 is 1.50 bits per heavy atom. The molecule has 0 saturated heterocycles. The summed E-state index contributed by atoms with van der Waals surface area (Å²) in [5.74, 6) is 0.511. The SMILES string of the molecule is O=c1cc(NCc2cn[nH]n2)nc[nH]1. The number of hydrogen-bond donors (Lipinski definition) is 3. The minimum absolute atomic E-state index is 0.192. The zero-order valence-corrected chi connectivity index (χ0v) is 7.19. The van der Waals surface area contributed by atoms with E-state index in [1.807, 2.05) is 0 Å². The molecule has 0 atom stereocenters. The van der Waals surface area contributed by atoms with Crippen molar-refractivity contribution in [3.05, 3.63) is 34.6 Å². The van der Waals surface area contributed by atoms with E-state index in [9.17, 15) is 4.79 Å². The maximum atomic E-state index is 10.9. The molecule has 7 nitrogen and oxygen atoms in total. The fourth-order valence-electron chi connectivity index (χ4n) is 0.957. The second-order valence-electron chi connectivity index (χ2n) is 2.61. The molecule has 2 aromatic heterocycles. The van der Waals surface area contributed by atoms with Gasteiger partial charge in [-0.1, -0.05) is 0 Å². The van der Waals surface area contributed by atoms with Crippen LogP contribution in [-0.2, 0) is 6.54 Å². The molecule has 0 fully saturated rings. The zero-order chi connectivity index (χ0) is 9.80. The number of aromatic amines is 2. The number of nitrogens with one attached hydrogen (secondary N) is 3. The van der Waals surface area contributed by atoms with Crippen molar-refractivity contribution in [2.45, 2.75) is 6.54 Å². The number of hydrogen-bond acceptors (Lipinski definition) is 5. The molecule has 0 aliphatic heterocycles. The quantitative estimate of drug-likeness (QED) is 0.608. The van der Waals surface area contributed by atoms with Crippen molar-refractivity contribution in [3.8, 4) is 0 Å². The predicted octanol–water partition coefficient (Wildman–Crippen LogP) is -0.500. The molecule has 0 spiro atoms. The third kappa shape index (κ3) is 1.94. The highest BCUT2D eigenvalue weighted by Crippen LogP contribution is 1.98. The molecule has 0 aromatic carbocycles. The number of nitrogens with zero attached hydrogens (tertiary/aromatic N) is 3. The first kappa shape index (κ1) is 8.42. The van der Waals surface area contributed by atoms with E-state index in [1.165, 1.54) is 12.4 Å². The summed E-state index contributed by atoms with van der Waals surface area (Å²) in [6.07, 6.45) is 2.94. The second kappa shape index (κ2) is 3.69. The first-order valence-electron chi connectivity index (χ1n) is 3.98. The molecule has 2 rings (SSSR count). The molecule has 0 bridgehead atoms. The molecule has 0 aliphatic carbocycles. The van der Waals surface area contributed by atoms with Gasteiger partial charge in [-0.3, -0.25) is 4.79 Å². The van der Waals surface area contributed by atoms with E-state index < -0.39 is 0 Å². The molecular formula is C7H8N6O. The van der Waals surface area contributed by atoms with Gasteiger partial charge in [0.15, 0.2) is 0 Å². The lowest BCUT2D eigenvalue weighted by Crippen LogP contribution is -2.09. The van der Waals surface area contributed by atoms with Gasteiger partial charge >= 0.3 is 0 Å². The molecule has 2 aromatic rings. The third-order valence-corrected chi connectivity index (χ3v) is 1.59. The summed E-state index contributed by atoms with van der Waals surface area (Å²) < 4.78 is 0. The van der Waals surface area contributed by atoms with Crippen molar-refractivity contribution in [1.29, 1.82) is 0 Å². The Labute approximate surface area is 78.6 Å². The smallest absolute Gasteiger partial charge is 0.252 e. The van der Waals surface area contributed by atoms with E-state index in [-0.39, 0.29) is 5.56 Å². The van der Waals surface area contributed by atoms with Crippen LogP contribution in [0.15, 0.2) is 23.4 Å². The lowest BCUT2D eigenvalue weighted by Gasteiger charge is -2.00. The Balaban J connectivity index is 2.02. The van der Waals surface area contributed by atoms with Crippen LogP contribution in [0.1, 0.15) is 5.69 Å². The minimum atomic E-state index is -0.192. The minimum Gasteiger partial charge on any atom is -0.364 e. The first-order valence-corrected chi connectivity index (χ1v) is 3.98. The average molecular weight is 192 g/mol. The van der Waals surface area contributed by atoms with Gasteiger partial charge in [0.2, 0.25) is 0 Å². The molecule has 2 heterocycles. The van der Waals surface area contributed by atoms with Crippen molar-refractivity contribution in [1.82, 2.24) is 25.4 Å². The number of aromatic nitrogens is 5. The molecule has 0 unspecified atom stereocenters. The van der Waals surface area contributed by atoms with Gasteiger partial charge in [0, 0.05) is 6.07 Å². The normalized spacial score (nSPS) is 10.0. The lowest BCUT2D eigenvalue weighted by atomic mass is 10.4. The molecular weight excluding hydrogens is 184 g/mol. The summed E-state index contributed by atoms with van der Waals surface area (Å²) >= 11 is 0. The van der Waals surface area contributed by atoms with Crippen molar-refractivity contribution in [2.75, 3.05) is 5.32 Å². The van der Waals surface area contributed by atoms with Crippen molar-refractivity contribution in [2.24, 2.45) is 0 Å². The highest BCUT2D eigenvalue weighted by Gasteiger charge is 1.97. The van der Waals surface area contributed by atoms with E-state index in [0.717, 1.165) is 5.69 Å². The van der Waals surface area contributed by atoms with E-state index in [0.29, 0.717) is 12.4 Å². The Morgan fingerprint density at radius 3 is 3.14 bits per heavy atom. The predicted molar refractivity (Wildman–Crippen MR) is 48.6 cm³/mol. The summed E-state index contributed by atoms with van der Waals surface area (Å²) in [7, 11) is 0. The van der Waals surface area contributed by atoms with E-state index in [2.05, 4.69) is 30.7 Å². The van der Waals surface area contributed by atoms with Gasteiger partial charge in [-0.05, 0) is 0 Å². The van der Waals surface area contributed by atoms with Gasteiger partial charge < -0.3 is 10.3 Å².